The third kappa shape index (κ3) is 3.96. The van der Waals surface area contributed by atoms with Crippen LogP contribution in [-0.4, -0.2) is 30.1 Å². The third-order valence-corrected chi connectivity index (χ3v) is 5.42. The van der Waals surface area contributed by atoms with Crippen LogP contribution in [0.25, 0.3) is 0 Å². The molecule has 0 spiro atoms. The molecule has 0 aromatic heterocycles. The smallest absolute Gasteiger partial charge is 0.311 e. The highest BCUT2D eigenvalue weighted by atomic mass is 16.4. The van der Waals surface area contributed by atoms with E-state index in [2.05, 4.69) is 5.32 Å². The van der Waals surface area contributed by atoms with E-state index < -0.39 is 11.4 Å². The second-order valence-electron chi connectivity index (χ2n) is 6.82. The van der Waals surface area contributed by atoms with Crippen molar-refractivity contribution in [2.24, 2.45) is 23.0 Å². The Morgan fingerprint density at radius 3 is 2.24 bits per heavy atom. The average Bonchev–Trinajstić information content (AvgIpc) is 2.53. The molecule has 0 bridgehead atoms. The molecule has 0 atom stereocenters. The van der Waals surface area contributed by atoms with Crippen molar-refractivity contribution >= 4 is 11.9 Å². The summed E-state index contributed by atoms with van der Waals surface area (Å²) in [5.74, 6) is -0.119. The molecule has 0 aromatic rings. The maximum atomic E-state index is 12.3. The summed E-state index contributed by atoms with van der Waals surface area (Å²) in [5.41, 5.74) is 4.93. The van der Waals surface area contributed by atoms with Crippen LogP contribution in [0.5, 0.6) is 0 Å². The van der Waals surface area contributed by atoms with Crippen LogP contribution in [-0.2, 0) is 9.59 Å². The van der Waals surface area contributed by atoms with E-state index in [-0.39, 0.29) is 18.4 Å². The van der Waals surface area contributed by atoms with Gasteiger partial charge in [0, 0.05) is 12.5 Å². The van der Waals surface area contributed by atoms with Crippen LogP contribution in [0.1, 0.15) is 57.8 Å². The van der Waals surface area contributed by atoms with Crippen LogP contribution >= 0.6 is 0 Å². The first-order valence-electron chi connectivity index (χ1n) is 8.28. The third-order valence-electron chi connectivity index (χ3n) is 5.42. The van der Waals surface area contributed by atoms with E-state index in [0.29, 0.717) is 25.3 Å². The monoisotopic (exact) mass is 296 g/mol. The number of carbonyl (C=O) groups is 2. The normalized spacial score (nSPS) is 28.8. The predicted molar refractivity (Wildman–Crippen MR) is 80.7 cm³/mol. The fourth-order valence-electron chi connectivity index (χ4n) is 3.76. The lowest BCUT2D eigenvalue weighted by molar-refractivity contribution is -0.151. The maximum Gasteiger partial charge on any atom is 0.311 e. The van der Waals surface area contributed by atoms with E-state index in [9.17, 15) is 14.7 Å². The van der Waals surface area contributed by atoms with Crippen molar-refractivity contribution in [3.8, 4) is 0 Å². The van der Waals surface area contributed by atoms with E-state index in [4.69, 9.17) is 5.73 Å². The Labute approximate surface area is 126 Å². The van der Waals surface area contributed by atoms with Gasteiger partial charge in [-0.25, -0.2) is 0 Å². The molecule has 5 nitrogen and oxygen atoms in total. The lowest BCUT2D eigenvalue weighted by atomic mass is 9.74. The maximum absolute atomic E-state index is 12.3. The Balaban J connectivity index is 1.83. The van der Waals surface area contributed by atoms with Crippen molar-refractivity contribution < 1.29 is 14.7 Å². The molecule has 2 rings (SSSR count). The summed E-state index contributed by atoms with van der Waals surface area (Å²) in [5, 5.41) is 12.4. The van der Waals surface area contributed by atoms with Crippen LogP contribution in [0.4, 0.5) is 0 Å². The highest BCUT2D eigenvalue weighted by Crippen LogP contribution is 2.36. The van der Waals surface area contributed by atoms with Crippen LogP contribution in [0.3, 0.4) is 0 Å². The number of nitrogens with two attached hydrogens (primary N) is 1. The number of carboxylic acid groups (broad SMARTS) is 1. The zero-order valence-electron chi connectivity index (χ0n) is 12.8. The van der Waals surface area contributed by atoms with Crippen LogP contribution < -0.4 is 11.1 Å². The first-order valence-corrected chi connectivity index (χ1v) is 8.28. The van der Waals surface area contributed by atoms with Gasteiger partial charge in [-0.1, -0.05) is 19.3 Å². The lowest BCUT2D eigenvalue weighted by Gasteiger charge is -2.34. The minimum Gasteiger partial charge on any atom is -0.481 e. The number of nitrogens with one attached hydrogen (secondary N) is 1. The topological polar surface area (TPSA) is 92.4 Å². The molecular weight excluding hydrogens is 268 g/mol. The second-order valence-corrected chi connectivity index (χ2v) is 6.82. The van der Waals surface area contributed by atoms with Crippen LogP contribution in [0.2, 0.25) is 0 Å². The molecule has 0 saturated heterocycles. The number of hydrogen-bond acceptors (Lipinski definition) is 3. The van der Waals surface area contributed by atoms with Crippen molar-refractivity contribution in [2.45, 2.75) is 57.8 Å². The van der Waals surface area contributed by atoms with Crippen LogP contribution in [0.15, 0.2) is 0 Å². The van der Waals surface area contributed by atoms with Gasteiger partial charge in [0.15, 0.2) is 0 Å². The molecule has 0 radical (unpaired) electrons. The molecule has 21 heavy (non-hydrogen) atoms. The van der Waals surface area contributed by atoms with Gasteiger partial charge in [0.05, 0.1) is 5.41 Å². The van der Waals surface area contributed by atoms with Crippen molar-refractivity contribution in [1.82, 2.24) is 5.32 Å². The zero-order chi connectivity index (χ0) is 15.3. The molecule has 0 aromatic carbocycles. The first kappa shape index (κ1) is 16.3. The molecule has 120 valence electrons. The fourth-order valence-corrected chi connectivity index (χ4v) is 3.76. The summed E-state index contributed by atoms with van der Waals surface area (Å²) in [6, 6.07) is 0. The van der Waals surface area contributed by atoms with E-state index in [1.54, 1.807) is 0 Å². The van der Waals surface area contributed by atoms with Gasteiger partial charge in [0.25, 0.3) is 0 Å². The number of rotatable bonds is 5. The Morgan fingerprint density at radius 2 is 1.71 bits per heavy atom. The summed E-state index contributed by atoms with van der Waals surface area (Å²) >= 11 is 0. The molecule has 0 aliphatic heterocycles. The van der Waals surface area contributed by atoms with Crippen molar-refractivity contribution in [3.63, 3.8) is 0 Å². The first-order chi connectivity index (χ1) is 10.1. The van der Waals surface area contributed by atoms with Gasteiger partial charge in [0.1, 0.15) is 0 Å². The number of carbonyl (C=O) groups excluding carboxylic acids is 1. The fraction of sp³-hybridized carbons (Fsp3) is 0.875. The number of amides is 1. The molecule has 0 unspecified atom stereocenters. The Morgan fingerprint density at radius 1 is 1.10 bits per heavy atom. The summed E-state index contributed by atoms with van der Waals surface area (Å²) in [6.07, 6.45) is 8.16. The average molecular weight is 296 g/mol. The van der Waals surface area contributed by atoms with Gasteiger partial charge in [0.2, 0.25) is 5.91 Å². The van der Waals surface area contributed by atoms with Gasteiger partial charge in [-0.15, -0.1) is 0 Å². The molecule has 4 N–H and O–H groups in total. The van der Waals surface area contributed by atoms with Crippen molar-refractivity contribution in [3.05, 3.63) is 0 Å². The molecular formula is C16H28N2O3. The molecule has 1 amide bonds. The minimum absolute atomic E-state index is 0.0386. The molecule has 0 heterocycles. The molecule has 2 aliphatic rings. The van der Waals surface area contributed by atoms with Crippen LogP contribution in [0, 0.1) is 17.3 Å². The second kappa shape index (κ2) is 7.25. The highest BCUT2D eigenvalue weighted by Gasteiger charge is 2.40. The standard InChI is InChI=1S/C16H28N2O3/c17-10-12-4-6-13(7-5-12)14(19)18-11-16(15(20)21)8-2-1-3-9-16/h12-13H,1-11,17H2,(H,18,19)(H,20,21). The summed E-state index contributed by atoms with van der Waals surface area (Å²) in [6.45, 7) is 0.994. The molecule has 2 aliphatic carbocycles. The number of hydrogen-bond donors (Lipinski definition) is 3. The van der Waals surface area contributed by atoms with E-state index in [0.717, 1.165) is 44.9 Å². The summed E-state index contributed by atoms with van der Waals surface area (Å²) in [7, 11) is 0. The molecule has 5 heteroatoms. The van der Waals surface area contributed by atoms with Gasteiger partial charge in [-0.3, -0.25) is 9.59 Å². The van der Waals surface area contributed by atoms with E-state index >= 15 is 0 Å². The predicted octanol–water partition coefficient (Wildman–Crippen LogP) is 1.90. The van der Waals surface area contributed by atoms with Crippen molar-refractivity contribution in [1.29, 1.82) is 0 Å². The van der Waals surface area contributed by atoms with E-state index in [1.165, 1.54) is 0 Å². The van der Waals surface area contributed by atoms with Gasteiger partial charge < -0.3 is 16.2 Å². The van der Waals surface area contributed by atoms with E-state index in [1.807, 2.05) is 0 Å². The summed E-state index contributed by atoms with van der Waals surface area (Å²) in [4.78, 5) is 23.8. The quantitative estimate of drug-likeness (QED) is 0.722. The van der Waals surface area contributed by atoms with Gasteiger partial charge in [-0.05, 0) is 51.0 Å². The van der Waals surface area contributed by atoms with Crippen molar-refractivity contribution in [2.75, 3.05) is 13.1 Å². The zero-order valence-corrected chi connectivity index (χ0v) is 12.8. The van der Waals surface area contributed by atoms with Gasteiger partial charge >= 0.3 is 5.97 Å². The molecule has 2 fully saturated rings. The Kier molecular flexibility index (Phi) is 5.62. The minimum atomic E-state index is -0.755. The SMILES string of the molecule is NCC1CCC(C(=O)NCC2(C(=O)O)CCCCC2)CC1. The highest BCUT2D eigenvalue weighted by molar-refractivity contribution is 5.80. The largest absolute Gasteiger partial charge is 0.481 e. The summed E-state index contributed by atoms with van der Waals surface area (Å²) < 4.78 is 0. The molecule has 2 saturated carbocycles. The number of aliphatic carboxylic acids is 1. The van der Waals surface area contributed by atoms with Gasteiger partial charge in [-0.2, -0.15) is 0 Å². The Hall–Kier alpha value is -1.10. The number of carboxylic acids is 1. The lowest BCUT2D eigenvalue weighted by Crippen LogP contribution is -2.46. The Bertz CT molecular complexity index is 370.